The van der Waals surface area contributed by atoms with Crippen molar-refractivity contribution in [1.29, 1.82) is 0 Å². The van der Waals surface area contributed by atoms with Gasteiger partial charge in [-0.3, -0.25) is 13.9 Å². The van der Waals surface area contributed by atoms with Crippen molar-refractivity contribution < 1.29 is 27.1 Å². The van der Waals surface area contributed by atoms with E-state index in [4.69, 9.17) is 4.74 Å². The van der Waals surface area contributed by atoms with Gasteiger partial charge < -0.3 is 15.0 Å². The van der Waals surface area contributed by atoms with Crippen LogP contribution in [0, 0.1) is 5.82 Å². The number of unbranched alkanes of at least 4 members (excludes halogenated alkanes) is 1. The number of rotatable bonds is 15. The quantitative estimate of drug-likeness (QED) is 0.173. The summed E-state index contributed by atoms with van der Waals surface area (Å²) in [5.74, 6) is -1.28. The van der Waals surface area contributed by atoms with Gasteiger partial charge in [0.25, 0.3) is 10.0 Å². The second-order valence-corrected chi connectivity index (χ2v) is 12.4. The zero-order chi connectivity index (χ0) is 32.2. The molecule has 0 aromatic heterocycles. The number of methoxy groups -OCH3 is 1. The molecule has 0 saturated heterocycles. The van der Waals surface area contributed by atoms with E-state index in [0.717, 1.165) is 28.8 Å². The van der Waals surface area contributed by atoms with Gasteiger partial charge in [-0.25, -0.2) is 12.8 Å². The minimum Gasteiger partial charge on any atom is -0.497 e. The molecule has 0 aliphatic rings. The number of sulfonamides is 1. The average molecular weight is 632 g/mol. The van der Waals surface area contributed by atoms with Crippen LogP contribution in [-0.4, -0.2) is 51.4 Å². The molecule has 1 atom stereocenters. The molecule has 0 heterocycles. The SMILES string of the molecule is CCCCNC(=O)[C@H](Cc1ccccc1)N(Cc1cccc(OC)c1)C(=O)CN(c1ccccc1F)S(=O)(=O)c1ccccc1. The summed E-state index contributed by atoms with van der Waals surface area (Å²) in [6, 6.07) is 28.3. The summed E-state index contributed by atoms with van der Waals surface area (Å²) >= 11 is 0. The highest BCUT2D eigenvalue weighted by atomic mass is 32.2. The predicted molar refractivity (Wildman–Crippen MR) is 173 cm³/mol. The Labute approximate surface area is 264 Å². The fourth-order valence-corrected chi connectivity index (χ4v) is 6.36. The topological polar surface area (TPSA) is 96.0 Å². The monoisotopic (exact) mass is 631 g/mol. The van der Waals surface area contributed by atoms with Gasteiger partial charge in [0.1, 0.15) is 24.2 Å². The molecule has 0 spiro atoms. The van der Waals surface area contributed by atoms with Gasteiger partial charge in [0.2, 0.25) is 11.8 Å². The number of hydrogen-bond donors (Lipinski definition) is 1. The van der Waals surface area contributed by atoms with Crippen molar-refractivity contribution in [2.24, 2.45) is 0 Å². The molecule has 0 fully saturated rings. The summed E-state index contributed by atoms with van der Waals surface area (Å²) in [5, 5.41) is 2.95. The second-order valence-electron chi connectivity index (χ2n) is 10.5. The van der Waals surface area contributed by atoms with E-state index in [-0.39, 0.29) is 29.5 Å². The van der Waals surface area contributed by atoms with E-state index in [9.17, 15) is 18.0 Å². The molecule has 10 heteroatoms. The largest absolute Gasteiger partial charge is 0.497 e. The lowest BCUT2D eigenvalue weighted by Crippen LogP contribution is -2.53. The minimum absolute atomic E-state index is 0.0226. The Morgan fingerprint density at radius 1 is 0.867 bits per heavy atom. The first-order valence-electron chi connectivity index (χ1n) is 14.8. The van der Waals surface area contributed by atoms with Crippen LogP contribution in [0.1, 0.15) is 30.9 Å². The third kappa shape index (κ3) is 8.69. The molecule has 0 saturated carbocycles. The molecular weight excluding hydrogens is 593 g/mol. The maximum atomic E-state index is 15.2. The van der Waals surface area contributed by atoms with E-state index in [2.05, 4.69) is 5.32 Å². The lowest BCUT2D eigenvalue weighted by atomic mass is 10.0. The first-order valence-corrected chi connectivity index (χ1v) is 16.2. The molecule has 0 unspecified atom stereocenters. The second kappa shape index (κ2) is 15.9. The van der Waals surface area contributed by atoms with Crippen molar-refractivity contribution in [2.75, 3.05) is 24.5 Å². The Kier molecular flexibility index (Phi) is 11.7. The summed E-state index contributed by atoms with van der Waals surface area (Å²) in [6.45, 7) is 1.67. The summed E-state index contributed by atoms with van der Waals surface area (Å²) in [5.41, 5.74) is 1.22. The molecule has 236 valence electrons. The van der Waals surface area contributed by atoms with Gasteiger partial charge in [0, 0.05) is 19.5 Å². The normalized spacial score (nSPS) is 11.8. The number of carbonyl (C=O) groups is 2. The Morgan fingerprint density at radius 3 is 2.18 bits per heavy atom. The van der Waals surface area contributed by atoms with E-state index in [1.807, 2.05) is 37.3 Å². The first kappa shape index (κ1) is 33.2. The Bertz CT molecular complexity index is 1670. The lowest BCUT2D eigenvalue weighted by Gasteiger charge is -2.34. The number of benzene rings is 4. The van der Waals surface area contributed by atoms with Crippen molar-refractivity contribution >= 4 is 27.5 Å². The third-order valence-electron chi connectivity index (χ3n) is 7.32. The molecule has 45 heavy (non-hydrogen) atoms. The fraction of sp³-hybridized carbons (Fsp3) is 0.257. The van der Waals surface area contributed by atoms with Crippen LogP contribution in [-0.2, 0) is 32.6 Å². The number of carbonyl (C=O) groups excluding carboxylic acids is 2. The highest BCUT2D eigenvalue weighted by Gasteiger charge is 2.35. The summed E-state index contributed by atoms with van der Waals surface area (Å²) in [4.78, 5) is 29.5. The number of anilines is 1. The minimum atomic E-state index is -4.39. The van der Waals surface area contributed by atoms with Gasteiger partial charge in [-0.15, -0.1) is 0 Å². The highest BCUT2D eigenvalue weighted by molar-refractivity contribution is 7.92. The molecule has 4 aromatic carbocycles. The van der Waals surface area contributed by atoms with Crippen LogP contribution in [0.25, 0.3) is 0 Å². The first-order chi connectivity index (χ1) is 21.7. The number of nitrogens with zero attached hydrogens (tertiary/aromatic N) is 2. The maximum absolute atomic E-state index is 15.2. The van der Waals surface area contributed by atoms with Crippen LogP contribution in [0.5, 0.6) is 5.75 Å². The average Bonchev–Trinajstić information content (AvgIpc) is 3.06. The number of hydrogen-bond acceptors (Lipinski definition) is 5. The smallest absolute Gasteiger partial charge is 0.264 e. The van der Waals surface area contributed by atoms with Crippen LogP contribution < -0.4 is 14.4 Å². The molecule has 4 aromatic rings. The van der Waals surface area contributed by atoms with Gasteiger partial charge in [-0.05, 0) is 53.9 Å². The van der Waals surface area contributed by atoms with Crippen LogP contribution in [0.15, 0.2) is 114 Å². The molecule has 2 amide bonds. The molecule has 1 N–H and O–H groups in total. The van der Waals surface area contributed by atoms with Crippen LogP contribution in [0.3, 0.4) is 0 Å². The Hall–Kier alpha value is -4.70. The van der Waals surface area contributed by atoms with Crippen molar-refractivity contribution in [3.05, 3.63) is 126 Å². The number of amides is 2. The zero-order valence-corrected chi connectivity index (χ0v) is 26.3. The van der Waals surface area contributed by atoms with Gasteiger partial charge in [0.15, 0.2) is 0 Å². The van der Waals surface area contributed by atoms with E-state index < -0.39 is 34.3 Å². The number of nitrogens with one attached hydrogen (secondary N) is 1. The standard InChI is InChI=1S/C35H38FN3O5S/c1-3-4-22-37-35(41)33(24-27-14-7-5-8-15-27)38(25-28-16-13-17-29(23-28)44-2)34(40)26-39(32-21-12-11-20-31(32)36)45(42,43)30-18-9-6-10-19-30/h5-21,23,33H,3-4,22,24-26H2,1-2H3,(H,37,41)/t33-/m0/s1. The van der Waals surface area contributed by atoms with E-state index in [0.29, 0.717) is 17.9 Å². The molecule has 8 nitrogen and oxygen atoms in total. The number of ether oxygens (including phenoxy) is 1. The van der Waals surface area contributed by atoms with Crippen LogP contribution >= 0.6 is 0 Å². The molecule has 0 radical (unpaired) electrons. The lowest BCUT2D eigenvalue weighted by molar-refractivity contribution is -0.140. The van der Waals surface area contributed by atoms with E-state index in [1.165, 1.54) is 42.3 Å². The molecule has 0 aliphatic carbocycles. The van der Waals surface area contributed by atoms with E-state index >= 15 is 4.39 Å². The van der Waals surface area contributed by atoms with Crippen molar-refractivity contribution in [2.45, 2.75) is 43.7 Å². The molecule has 0 bridgehead atoms. The highest BCUT2D eigenvalue weighted by Crippen LogP contribution is 2.27. The summed E-state index contributed by atoms with van der Waals surface area (Å²) in [7, 11) is -2.86. The molecular formula is C35H38FN3O5S. The maximum Gasteiger partial charge on any atom is 0.264 e. The Morgan fingerprint density at radius 2 is 1.51 bits per heavy atom. The zero-order valence-electron chi connectivity index (χ0n) is 25.4. The van der Waals surface area contributed by atoms with Gasteiger partial charge in [0.05, 0.1) is 17.7 Å². The predicted octanol–water partition coefficient (Wildman–Crippen LogP) is 5.59. The molecule has 0 aliphatic heterocycles. The van der Waals surface area contributed by atoms with Crippen molar-refractivity contribution in [1.82, 2.24) is 10.2 Å². The van der Waals surface area contributed by atoms with E-state index in [1.54, 1.807) is 42.5 Å². The fourth-order valence-electron chi connectivity index (χ4n) is 4.91. The van der Waals surface area contributed by atoms with Gasteiger partial charge in [-0.2, -0.15) is 0 Å². The Balaban J connectivity index is 1.80. The van der Waals surface area contributed by atoms with Crippen LogP contribution in [0.2, 0.25) is 0 Å². The number of para-hydroxylation sites is 1. The van der Waals surface area contributed by atoms with Crippen molar-refractivity contribution in [3.63, 3.8) is 0 Å². The van der Waals surface area contributed by atoms with Gasteiger partial charge in [-0.1, -0.05) is 86.1 Å². The van der Waals surface area contributed by atoms with Gasteiger partial charge >= 0.3 is 0 Å². The van der Waals surface area contributed by atoms with Crippen LogP contribution in [0.4, 0.5) is 10.1 Å². The molecule has 4 rings (SSSR count). The summed E-state index contributed by atoms with van der Waals surface area (Å²) < 4.78 is 49.3. The third-order valence-corrected chi connectivity index (χ3v) is 9.09. The van der Waals surface area contributed by atoms with Crippen molar-refractivity contribution in [3.8, 4) is 5.75 Å². The summed E-state index contributed by atoms with van der Waals surface area (Å²) in [6.07, 6.45) is 1.80. The number of halogens is 1.